The van der Waals surface area contributed by atoms with Crippen LogP contribution >= 0.6 is 0 Å². The summed E-state index contributed by atoms with van der Waals surface area (Å²) in [4.78, 5) is 30.3. The fourth-order valence-electron chi connectivity index (χ4n) is 3.67. The van der Waals surface area contributed by atoms with Crippen LogP contribution in [0.1, 0.15) is 24.2 Å². The van der Waals surface area contributed by atoms with Crippen LogP contribution in [0.15, 0.2) is 42.5 Å². The van der Waals surface area contributed by atoms with Gasteiger partial charge in [0.05, 0.1) is 4.92 Å². The Hall–Kier alpha value is -3.13. The van der Waals surface area contributed by atoms with E-state index in [4.69, 9.17) is 0 Å². The zero-order valence-electron chi connectivity index (χ0n) is 17.8. The topological polar surface area (TPSA) is 82.0 Å². The van der Waals surface area contributed by atoms with E-state index in [0.717, 1.165) is 45.0 Å². The molecule has 0 atom stereocenters. The van der Waals surface area contributed by atoms with Crippen molar-refractivity contribution in [2.75, 3.05) is 61.4 Å². The molecule has 0 saturated carbocycles. The number of carbonyl (C=O) groups is 1. The highest BCUT2D eigenvalue weighted by Crippen LogP contribution is 2.30. The minimum Gasteiger partial charge on any atom is -0.372 e. The second-order valence-corrected chi connectivity index (χ2v) is 7.42. The summed E-state index contributed by atoms with van der Waals surface area (Å²) in [7, 11) is 2.04. The zero-order chi connectivity index (χ0) is 21.7. The Kier molecular flexibility index (Phi) is 6.89. The number of carbonyl (C=O) groups excluding carboxylic acids is 1. The van der Waals surface area contributed by atoms with Crippen LogP contribution in [0.4, 0.5) is 22.7 Å². The van der Waals surface area contributed by atoms with Gasteiger partial charge in [-0.2, -0.15) is 0 Å². The van der Waals surface area contributed by atoms with Crippen LogP contribution in [0.5, 0.6) is 0 Å². The molecule has 2 aromatic rings. The quantitative estimate of drug-likeness (QED) is 0.555. The summed E-state index contributed by atoms with van der Waals surface area (Å²) >= 11 is 0. The third-order valence-electron chi connectivity index (χ3n) is 5.53. The van der Waals surface area contributed by atoms with Gasteiger partial charge in [-0.25, -0.2) is 0 Å². The maximum atomic E-state index is 12.7. The fourth-order valence-corrected chi connectivity index (χ4v) is 3.67. The Morgan fingerprint density at radius 2 is 1.70 bits per heavy atom. The maximum Gasteiger partial charge on any atom is 0.293 e. The Bertz CT molecular complexity index is 888. The van der Waals surface area contributed by atoms with Gasteiger partial charge in [-0.1, -0.05) is 0 Å². The van der Waals surface area contributed by atoms with Gasteiger partial charge in [0.1, 0.15) is 5.69 Å². The predicted octanol–water partition coefficient (Wildman–Crippen LogP) is 3.45. The predicted molar refractivity (Wildman–Crippen MR) is 121 cm³/mol. The number of amides is 1. The number of hydrogen-bond acceptors (Lipinski definition) is 6. The number of likely N-dealkylation sites (N-methyl/N-ethyl adjacent to an activating group) is 1. The molecular formula is C22H29N5O3. The Morgan fingerprint density at radius 1 is 1.07 bits per heavy atom. The number of nitro benzene ring substituents is 1. The molecule has 1 heterocycles. The molecule has 1 saturated heterocycles. The lowest BCUT2D eigenvalue weighted by molar-refractivity contribution is -0.384. The van der Waals surface area contributed by atoms with E-state index >= 15 is 0 Å². The number of anilines is 3. The second-order valence-electron chi connectivity index (χ2n) is 7.42. The molecule has 0 aliphatic carbocycles. The van der Waals surface area contributed by atoms with E-state index in [1.165, 1.54) is 6.07 Å². The van der Waals surface area contributed by atoms with Gasteiger partial charge in [-0.05, 0) is 57.3 Å². The van der Waals surface area contributed by atoms with Crippen molar-refractivity contribution in [2.45, 2.75) is 13.8 Å². The summed E-state index contributed by atoms with van der Waals surface area (Å²) in [5.74, 6) is -0.362. The third-order valence-corrected chi connectivity index (χ3v) is 5.53. The number of benzene rings is 2. The molecule has 8 nitrogen and oxygen atoms in total. The molecule has 1 aliphatic heterocycles. The highest BCUT2D eigenvalue weighted by molar-refractivity contribution is 6.05. The van der Waals surface area contributed by atoms with E-state index in [1.54, 1.807) is 12.1 Å². The van der Waals surface area contributed by atoms with Crippen molar-refractivity contribution in [1.29, 1.82) is 0 Å². The van der Waals surface area contributed by atoms with Gasteiger partial charge in [-0.3, -0.25) is 14.9 Å². The second kappa shape index (κ2) is 9.58. The van der Waals surface area contributed by atoms with Crippen molar-refractivity contribution >= 4 is 28.7 Å². The van der Waals surface area contributed by atoms with E-state index in [2.05, 4.69) is 29.0 Å². The van der Waals surface area contributed by atoms with Crippen molar-refractivity contribution in [3.05, 3.63) is 58.1 Å². The van der Waals surface area contributed by atoms with Gasteiger partial charge < -0.3 is 20.0 Å². The summed E-state index contributed by atoms with van der Waals surface area (Å²) in [5.41, 5.74) is 2.54. The molecule has 0 aromatic heterocycles. The Morgan fingerprint density at radius 3 is 2.27 bits per heavy atom. The molecule has 1 fully saturated rings. The lowest BCUT2D eigenvalue weighted by Gasteiger charge is -2.33. The molecule has 0 bridgehead atoms. The molecule has 160 valence electrons. The summed E-state index contributed by atoms with van der Waals surface area (Å²) in [6.45, 7) is 9.15. The minimum atomic E-state index is -0.413. The van der Waals surface area contributed by atoms with E-state index in [0.29, 0.717) is 11.4 Å². The molecule has 1 aliphatic rings. The zero-order valence-corrected chi connectivity index (χ0v) is 17.8. The Labute approximate surface area is 177 Å². The van der Waals surface area contributed by atoms with E-state index < -0.39 is 4.92 Å². The van der Waals surface area contributed by atoms with Gasteiger partial charge in [0.15, 0.2) is 0 Å². The lowest BCUT2D eigenvalue weighted by Crippen LogP contribution is -2.44. The first kappa shape index (κ1) is 21.6. The van der Waals surface area contributed by atoms with Crippen LogP contribution in [0.2, 0.25) is 0 Å². The van der Waals surface area contributed by atoms with Crippen LogP contribution in [0.25, 0.3) is 0 Å². The monoisotopic (exact) mass is 411 g/mol. The molecule has 0 radical (unpaired) electrons. The summed E-state index contributed by atoms with van der Waals surface area (Å²) < 4.78 is 0. The van der Waals surface area contributed by atoms with Crippen molar-refractivity contribution in [1.82, 2.24) is 4.90 Å². The molecule has 1 N–H and O–H groups in total. The molecule has 30 heavy (non-hydrogen) atoms. The first-order valence-electron chi connectivity index (χ1n) is 10.3. The lowest BCUT2D eigenvalue weighted by atomic mass is 10.1. The fraction of sp³-hybridized carbons (Fsp3) is 0.409. The van der Waals surface area contributed by atoms with Crippen LogP contribution in [0.3, 0.4) is 0 Å². The number of nitrogens with one attached hydrogen (secondary N) is 1. The first-order chi connectivity index (χ1) is 14.4. The average molecular weight is 412 g/mol. The molecular weight excluding hydrogens is 382 g/mol. The Balaban J connectivity index is 1.76. The van der Waals surface area contributed by atoms with Gasteiger partial charge in [-0.15, -0.1) is 0 Å². The number of nitrogens with zero attached hydrogens (tertiary/aromatic N) is 4. The summed E-state index contributed by atoms with van der Waals surface area (Å²) in [5, 5.41) is 14.5. The molecule has 3 rings (SSSR count). The third kappa shape index (κ3) is 4.88. The van der Waals surface area contributed by atoms with Gasteiger partial charge >= 0.3 is 0 Å². The van der Waals surface area contributed by atoms with Crippen molar-refractivity contribution < 1.29 is 9.72 Å². The SMILES string of the molecule is CCN(CC)c1ccc(NC(=O)c2ccc(N3CCN(C)CC3)c([N+](=O)[O-])c2)cc1. The van der Waals surface area contributed by atoms with E-state index in [-0.39, 0.29) is 17.2 Å². The van der Waals surface area contributed by atoms with Crippen molar-refractivity contribution in [3.8, 4) is 0 Å². The van der Waals surface area contributed by atoms with Crippen LogP contribution in [-0.4, -0.2) is 62.0 Å². The maximum absolute atomic E-state index is 12.7. The van der Waals surface area contributed by atoms with Crippen LogP contribution in [-0.2, 0) is 0 Å². The normalized spacial score (nSPS) is 14.4. The number of nitro groups is 1. The molecule has 1 amide bonds. The summed E-state index contributed by atoms with van der Waals surface area (Å²) in [6.07, 6.45) is 0. The highest BCUT2D eigenvalue weighted by Gasteiger charge is 2.24. The van der Waals surface area contributed by atoms with E-state index in [1.807, 2.05) is 36.2 Å². The first-order valence-corrected chi connectivity index (χ1v) is 10.3. The van der Waals surface area contributed by atoms with Crippen molar-refractivity contribution in [2.24, 2.45) is 0 Å². The highest BCUT2D eigenvalue weighted by atomic mass is 16.6. The standard InChI is InChI=1S/C22H29N5O3/c1-4-25(5-2)19-9-7-18(8-10-19)23-22(28)17-6-11-20(21(16-17)27(29)30)26-14-12-24(3)13-15-26/h6-11,16H,4-5,12-15H2,1-3H3,(H,23,28). The van der Waals surface area contributed by atoms with Gasteiger partial charge in [0, 0.05) is 62.3 Å². The molecule has 0 unspecified atom stereocenters. The largest absolute Gasteiger partial charge is 0.372 e. The number of piperazine rings is 1. The van der Waals surface area contributed by atoms with Gasteiger partial charge in [0.25, 0.3) is 11.6 Å². The molecule has 8 heteroatoms. The van der Waals surface area contributed by atoms with Crippen LogP contribution in [0, 0.1) is 10.1 Å². The number of hydrogen-bond donors (Lipinski definition) is 1. The van der Waals surface area contributed by atoms with E-state index in [9.17, 15) is 14.9 Å². The average Bonchev–Trinajstić information content (AvgIpc) is 2.76. The smallest absolute Gasteiger partial charge is 0.293 e. The van der Waals surface area contributed by atoms with Gasteiger partial charge in [0.2, 0.25) is 0 Å². The molecule has 2 aromatic carbocycles. The minimum absolute atomic E-state index is 0.0379. The van der Waals surface area contributed by atoms with Crippen LogP contribution < -0.4 is 15.1 Å². The van der Waals surface area contributed by atoms with Crippen molar-refractivity contribution in [3.63, 3.8) is 0 Å². The molecule has 0 spiro atoms. The number of rotatable bonds is 7. The summed E-state index contributed by atoms with van der Waals surface area (Å²) in [6, 6.07) is 12.3.